The summed E-state index contributed by atoms with van der Waals surface area (Å²) < 4.78 is 40.1. The highest BCUT2D eigenvalue weighted by atomic mass is 19.4. The first-order valence-electron chi connectivity index (χ1n) is 7.23. The third-order valence-corrected chi connectivity index (χ3v) is 4.14. The van der Waals surface area contributed by atoms with Crippen LogP contribution in [0.15, 0.2) is 24.4 Å². The molecule has 1 aliphatic rings. The Bertz CT molecular complexity index is 728. The summed E-state index contributed by atoms with van der Waals surface area (Å²) in [5.74, 6) is -1.33. The Morgan fingerprint density at radius 2 is 2.17 bits per heavy atom. The molecule has 1 aromatic heterocycles. The Balaban J connectivity index is 1.81. The van der Waals surface area contributed by atoms with Crippen molar-refractivity contribution < 1.29 is 18.1 Å². The predicted octanol–water partition coefficient (Wildman–Crippen LogP) is 3.18. The number of alkyl halides is 3. The number of nitro benzene ring substituents is 1. The van der Waals surface area contributed by atoms with Crippen LogP contribution in [-0.2, 0) is 6.67 Å². The molecule has 124 valence electrons. The van der Waals surface area contributed by atoms with Crippen molar-refractivity contribution in [3.8, 4) is 0 Å². The van der Waals surface area contributed by atoms with Gasteiger partial charge >= 0.3 is 6.18 Å². The first kappa shape index (κ1) is 15.7. The van der Waals surface area contributed by atoms with Gasteiger partial charge in [0.2, 0.25) is 0 Å². The van der Waals surface area contributed by atoms with Gasteiger partial charge in [-0.3, -0.25) is 19.7 Å². The van der Waals surface area contributed by atoms with Crippen LogP contribution in [0.25, 0.3) is 10.9 Å². The molecule has 0 unspecified atom stereocenters. The lowest BCUT2D eigenvalue weighted by Crippen LogP contribution is -2.42. The molecule has 6 nitrogen and oxygen atoms in total. The molecule has 0 saturated carbocycles. The number of hydrogen-bond acceptors (Lipinski definition) is 4. The standard InChI is InChI=1S/C14H15F3N4O2/c15-14(16,17)11-2-1-5-19(8-11)9-20-13-6-12(21(22)23)4-3-10(13)7-18-20/h3-4,6-7,11H,1-2,5,8-9H2/t11-/m1/s1. The van der Waals surface area contributed by atoms with Gasteiger partial charge in [-0.1, -0.05) is 0 Å². The summed E-state index contributed by atoms with van der Waals surface area (Å²) in [6, 6.07) is 4.37. The summed E-state index contributed by atoms with van der Waals surface area (Å²) in [5.41, 5.74) is 0.486. The summed E-state index contributed by atoms with van der Waals surface area (Å²) in [6.45, 7) is 0.680. The molecule has 1 aromatic carbocycles. The molecule has 1 atom stereocenters. The van der Waals surface area contributed by atoms with E-state index in [2.05, 4.69) is 5.10 Å². The second kappa shape index (κ2) is 5.80. The molecule has 1 aliphatic heterocycles. The van der Waals surface area contributed by atoms with Crippen molar-refractivity contribution in [1.82, 2.24) is 14.7 Å². The lowest BCUT2D eigenvalue weighted by molar-refractivity contribution is -0.384. The summed E-state index contributed by atoms with van der Waals surface area (Å²) in [7, 11) is 0. The molecular weight excluding hydrogens is 313 g/mol. The number of nitrogens with zero attached hydrogens (tertiary/aromatic N) is 4. The van der Waals surface area contributed by atoms with Crippen LogP contribution in [0.4, 0.5) is 18.9 Å². The molecule has 9 heteroatoms. The van der Waals surface area contributed by atoms with Crippen LogP contribution >= 0.6 is 0 Å². The predicted molar refractivity (Wildman–Crippen MR) is 76.7 cm³/mol. The van der Waals surface area contributed by atoms with Gasteiger partial charge in [0, 0.05) is 24.1 Å². The number of piperidine rings is 1. The number of benzene rings is 1. The smallest absolute Gasteiger partial charge is 0.284 e. The molecule has 0 bridgehead atoms. The van der Waals surface area contributed by atoms with Crippen molar-refractivity contribution >= 4 is 16.6 Å². The largest absolute Gasteiger partial charge is 0.393 e. The zero-order chi connectivity index (χ0) is 16.6. The van der Waals surface area contributed by atoms with E-state index >= 15 is 0 Å². The van der Waals surface area contributed by atoms with E-state index in [-0.39, 0.29) is 25.3 Å². The van der Waals surface area contributed by atoms with Crippen molar-refractivity contribution in [2.45, 2.75) is 25.7 Å². The zero-order valence-electron chi connectivity index (χ0n) is 12.2. The number of nitro groups is 1. The molecular formula is C14H15F3N4O2. The number of hydrogen-bond donors (Lipinski definition) is 0. The van der Waals surface area contributed by atoms with Crippen LogP contribution in [0.2, 0.25) is 0 Å². The fourth-order valence-corrected chi connectivity index (χ4v) is 2.93. The maximum Gasteiger partial charge on any atom is 0.393 e. The van der Waals surface area contributed by atoms with E-state index in [4.69, 9.17) is 0 Å². The van der Waals surface area contributed by atoms with Gasteiger partial charge in [0.05, 0.1) is 29.2 Å². The van der Waals surface area contributed by atoms with Crippen LogP contribution in [0.1, 0.15) is 12.8 Å². The van der Waals surface area contributed by atoms with Gasteiger partial charge in [0.1, 0.15) is 0 Å². The van der Waals surface area contributed by atoms with Gasteiger partial charge in [0.25, 0.3) is 5.69 Å². The lowest BCUT2D eigenvalue weighted by atomic mass is 9.98. The van der Waals surface area contributed by atoms with Crippen molar-refractivity contribution in [3.05, 3.63) is 34.5 Å². The highest BCUT2D eigenvalue weighted by Crippen LogP contribution is 2.33. The van der Waals surface area contributed by atoms with Gasteiger partial charge < -0.3 is 0 Å². The molecule has 0 aliphatic carbocycles. The number of non-ortho nitro benzene ring substituents is 1. The van der Waals surface area contributed by atoms with E-state index in [1.165, 1.54) is 16.8 Å². The Hall–Kier alpha value is -2.16. The highest BCUT2D eigenvalue weighted by Gasteiger charge is 2.41. The number of aromatic nitrogens is 2. The van der Waals surface area contributed by atoms with Gasteiger partial charge in [-0.15, -0.1) is 0 Å². The summed E-state index contributed by atoms with van der Waals surface area (Å²) in [6.07, 6.45) is -2.01. The van der Waals surface area contributed by atoms with Crippen LogP contribution in [-0.4, -0.2) is 38.9 Å². The van der Waals surface area contributed by atoms with Crippen molar-refractivity contribution in [3.63, 3.8) is 0 Å². The first-order chi connectivity index (χ1) is 10.8. The number of rotatable bonds is 3. The molecule has 0 amide bonds. The minimum atomic E-state index is -4.19. The van der Waals surface area contributed by atoms with Gasteiger partial charge in [-0.05, 0) is 25.5 Å². The monoisotopic (exact) mass is 328 g/mol. The second-order valence-electron chi connectivity index (χ2n) is 5.74. The van der Waals surface area contributed by atoms with Crippen molar-refractivity contribution in [1.29, 1.82) is 0 Å². The first-order valence-corrected chi connectivity index (χ1v) is 7.23. The quantitative estimate of drug-likeness (QED) is 0.641. The maximum atomic E-state index is 12.9. The Kier molecular flexibility index (Phi) is 3.97. The van der Waals surface area contributed by atoms with Crippen LogP contribution in [0.3, 0.4) is 0 Å². The Labute approximate surface area is 129 Å². The van der Waals surface area contributed by atoms with Gasteiger partial charge in [-0.25, -0.2) is 0 Å². The minimum absolute atomic E-state index is 0.0638. The van der Waals surface area contributed by atoms with E-state index in [0.717, 1.165) is 5.39 Å². The van der Waals surface area contributed by atoms with Crippen LogP contribution in [0.5, 0.6) is 0 Å². The molecule has 1 fully saturated rings. The molecule has 2 aromatic rings. The number of fused-ring (bicyclic) bond motifs is 1. The molecule has 0 N–H and O–H groups in total. The number of halogens is 3. The fraction of sp³-hybridized carbons (Fsp3) is 0.500. The molecule has 0 radical (unpaired) electrons. The van der Waals surface area contributed by atoms with E-state index in [1.807, 2.05) is 0 Å². The van der Waals surface area contributed by atoms with Crippen LogP contribution in [0, 0.1) is 16.0 Å². The topological polar surface area (TPSA) is 64.2 Å². The third-order valence-electron chi connectivity index (χ3n) is 4.14. The van der Waals surface area contributed by atoms with Gasteiger partial charge in [-0.2, -0.15) is 18.3 Å². The average molecular weight is 328 g/mol. The molecule has 2 heterocycles. The minimum Gasteiger partial charge on any atom is -0.284 e. The lowest BCUT2D eigenvalue weighted by Gasteiger charge is -2.33. The van der Waals surface area contributed by atoms with Gasteiger partial charge in [0.15, 0.2) is 0 Å². The third kappa shape index (κ3) is 3.29. The highest BCUT2D eigenvalue weighted by molar-refractivity contribution is 5.80. The second-order valence-corrected chi connectivity index (χ2v) is 5.74. The number of likely N-dealkylation sites (tertiary alicyclic amines) is 1. The SMILES string of the molecule is O=[N+]([O-])c1ccc2cnn(CN3CCC[C@@H](C(F)(F)F)C3)c2c1. The molecule has 23 heavy (non-hydrogen) atoms. The fourth-order valence-electron chi connectivity index (χ4n) is 2.93. The maximum absolute atomic E-state index is 12.9. The van der Waals surface area contributed by atoms with Crippen molar-refractivity contribution in [2.75, 3.05) is 13.1 Å². The summed E-state index contributed by atoms with van der Waals surface area (Å²) >= 11 is 0. The Morgan fingerprint density at radius 1 is 1.39 bits per heavy atom. The molecule has 3 rings (SSSR count). The summed E-state index contributed by atoms with van der Waals surface area (Å²) in [4.78, 5) is 12.0. The normalized spacial score (nSPS) is 20.0. The summed E-state index contributed by atoms with van der Waals surface area (Å²) in [5, 5.41) is 15.7. The molecule has 1 saturated heterocycles. The van der Waals surface area contributed by atoms with Crippen molar-refractivity contribution in [2.24, 2.45) is 5.92 Å². The molecule has 0 spiro atoms. The van der Waals surface area contributed by atoms with E-state index in [0.29, 0.717) is 18.5 Å². The average Bonchev–Trinajstić information content (AvgIpc) is 2.89. The van der Waals surface area contributed by atoms with Crippen LogP contribution < -0.4 is 0 Å². The zero-order valence-corrected chi connectivity index (χ0v) is 12.2. The Morgan fingerprint density at radius 3 is 2.87 bits per heavy atom. The van der Waals surface area contributed by atoms with E-state index in [9.17, 15) is 23.3 Å². The van der Waals surface area contributed by atoms with E-state index in [1.54, 1.807) is 17.2 Å². The van der Waals surface area contributed by atoms with E-state index < -0.39 is 17.0 Å².